The van der Waals surface area contributed by atoms with Gasteiger partial charge in [0, 0.05) is 22.1 Å². The minimum Gasteiger partial charge on any atom is -0.472 e. The number of hydrogen-bond acceptors (Lipinski definition) is 1. The molecule has 1 aliphatic rings. The third-order valence-electron chi connectivity index (χ3n) is 6.28. The SMILES string of the molecule is C1=CC(c2ccccc2)(c2ccccc2)Oc2c1c(-c1ccccc1)cc1ccccc21. The fourth-order valence-electron chi connectivity index (χ4n) is 4.71. The van der Waals surface area contributed by atoms with Crippen molar-refractivity contribution in [3.8, 4) is 16.9 Å². The molecule has 6 rings (SSSR count). The highest BCUT2D eigenvalue weighted by Crippen LogP contribution is 2.48. The van der Waals surface area contributed by atoms with Gasteiger partial charge in [0.05, 0.1) is 0 Å². The summed E-state index contributed by atoms with van der Waals surface area (Å²) >= 11 is 0. The lowest BCUT2D eigenvalue weighted by molar-refractivity contribution is 0.164. The van der Waals surface area contributed by atoms with Gasteiger partial charge in [0.2, 0.25) is 0 Å². The van der Waals surface area contributed by atoms with Crippen molar-refractivity contribution in [2.24, 2.45) is 0 Å². The third kappa shape index (κ3) is 2.94. The van der Waals surface area contributed by atoms with E-state index in [9.17, 15) is 0 Å². The average molecular weight is 411 g/mol. The molecule has 0 N–H and O–H groups in total. The highest BCUT2D eigenvalue weighted by Gasteiger charge is 2.38. The molecule has 0 aromatic heterocycles. The standard InChI is InChI=1S/C31H22O/c1-4-12-23(13-5-1)29-22-24-14-10-11-19-27(24)30-28(29)20-21-31(32-30,25-15-6-2-7-16-25)26-17-8-3-9-18-26/h1-22H. The van der Waals surface area contributed by atoms with Gasteiger partial charge in [-0.1, -0.05) is 115 Å². The zero-order valence-corrected chi connectivity index (χ0v) is 17.6. The molecule has 0 saturated carbocycles. The van der Waals surface area contributed by atoms with Crippen molar-refractivity contribution in [3.05, 3.63) is 144 Å². The van der Waals surface area contributed by atoms with Crippen molar-refractivity contribution in [2.75, 3.05) is 0 Å². The molecule has 1 heteroatoms. The predicted molar refractivity (Wildman–Crippen MR) is 133 cm³/mol. The summed E-state index contributed by atoms with van der Waals surface area (Å²) in [6.07, 6.45) is 4.45. The third-order valence-corrected chi connectivity index (χ3v) is 6.28. The summed E-state index contributed by atoms with van der Waals surface area (Å²) in [6.45, 7) is 0. The zero-order chi connectivity index (χ0) is 21.4. The second-order valence-corrected chi connectivity index (χ2v) is 8.16. The summed E-state index contributed by atoms with van der Waals surface area (Å²) in [6, 6.07) is 42.3. The first-order valence-corrected chi connectivity index (χ1v) is 11.0. The Balaban J connectivity index is 1.65. The van der Waals surface area contributed by atoms with Crippen LogP contribution in [0.25, 0.3) is 28.0 Å². The molecule has 0 aliphatic carbocycles. The molecule has 32 heavy (non-hydrogen) atoms. The van der Waals surface area contributed by atoms with E-state index in [2.05, 4.69) is 121 Å². The monoisotopic (exact) mass is 410 g/mol. The van der Waals surface area contributed by atoms with E-state index < -0.39 is 5.60 Å². The van der Waals surface area contributed by atoms with E-state index >= 15 is 0 Å². The van der Waals surface area contributed by atoms with Crippen molar-refractivity contribution < 1.29 is 4.74 Å². The second-order valence-electron chi connectivity index (χ2n) is 8.16. The number of rotatable bonds is 3. The first-order valence-electron chi connectivity index (χ1n) is 11.0. The molecule has 0 atom stereocenters. The topological polar surface area (TPSA) is 9.23 Å². The molecule has 0 fully saturated rings. The maximum Gasteiger partial charge on any atom is 0.178 e. The van der Waals surface area contributed by atoms with Crippen molar-refractivity contribution >= 4 is 16.8 Å². The Kier molecular flexibility index (Phi) is 4.40. The van der Waals surface area contributed by atoms with E-state index in [1.165, 1.54) is 16.5 Å². The van der Waals surface area contributed by atoms with Gasteiger partial charge in [0.25, 0.3) is 0 Å². The van der Waals surface area contributed by atoms with Crippen LogP contribution in [0, 0.1) is 0 Å². The van der Waals surface area contributed by atoms with Crippen LogP contribution in [0.1, 0.15) is 16.7 Å². The molecule has 0 radical (unpaired) electrons. The lowest BCUT2D eigenvalue weighted by Gasteiger charge is -2.37. The first kappa shape index (κ1) is 18.7. The summed E-state index contributed by atoms with van der Waals surface area (Å²) < 4.78 is 7.08. The second kappa shape index (κ2) is 7.55. The predicted octanol–water partition coefficient (Wildman–Crippen LogP) is 7.86. The van der Waals surface area contributed by atoms with Crippen LogP contribution in [0.5, 0.6) is 5.75 Å². The van der Waals surface area contributed by atoms with E-state index in [-0.39, 0.29) is 0 Å². The van der Waals surface area contributed by atoms with Gasteiger partial charge in [-0.15, -0.1) is 0 Å². The van der Waals surface area contributed by atoms with Gasteiger partial charge in [0.15, 0.2) is 5.60 Å². The van der Waals surface area contributed by atoms with Crippen LogP contribution >= 0.6 is 0 Å². The molecule has 5 aromatic carbocycles. The Morgan fingerprint density at radius 3 is 1.78 bits per heavy atom. The first-order chi connectivity index (χ1) is 15.9. The van der Waals surface area contributed by atoms with Crippen LogP contribution in [0.2, 0.25) is 0 Å². The van der Waals surface area contributed by atoms with Gasteiger partial charge < -0.3 is 4.74 Å². The van der Waals surface area contributed by atoms with Gasteiger partial charge in [-0.3, -0.25) is 0 Å². The van der Waals surface area contributed by atoms with E-state index in [4.69, 9.17) is 4.74 Å². The molecule has 0 spiro atoms. The minimum absolute atomic E-state index is 0.687. The summed E-state index contributed by atoms with van der Waals surface area (Å²) in [7, 11) is 0. The van der Waals surface area contributed by atoms with Crippen LogP contribution in [-0.4, -0.2) is 0 Å². The van der Waals surface area contributed by atoms with Crippen LogP contribution < -0.4 is 4.74 Å². The van der Waals surface area contributed by atoms with Crippen LogP contribution in [0.4, 0.5) is 0 Å². The van der Waals surface area contributed by atoms with E-state index in [0.717, 1.165) is 27.8 Å². The molecule has 0 unspecified atom stereocenters. The van der Waals surface area contributed by atoms with Crippen molar-refractivity contribution in [2.45, 2.75) is 5.60 Å². The molecule has 1 heterocycles. The quantitative estimate of drug-likeness (QED) is 0.294. The van der Waals surface area contributed by atoms with Crippen LogP contribution in [0.3, 0.4) is 0 Å². The number of ether oxygens (including phenoxy) is 1. The number of hydrogen-bond donors (Lipinski definition) is 0. The Hall–Kier alpha value is -4.10. The minimum atomic E-state index is -0.687. The normalized spacial score (nSPS) is 14.0. The Bertz CT molecular complexity index is 1380. The number of benzene rings is 5. The van der Waals surface area contributed by atoms with Crippen molar-refractivity contribution in [3.63, 3.8) is 0 Å². The van der Waals surface area contributed by atoms with Crippen molar-refractivity contribution in [1.29, 1.82) is 0 Å². The Morgan fingerprint density at radius 2 is 1.12 bits per heavy atom. The van der Waals surface area contributed by atoms with Crippen LogP contribution in [-0.2, 0) is 5.60 Å². The van der Waals surface area contributed by atoms with E-state index in [1.54, 1.807) is 0 Å². The maximum absolute atomic E-state index is 7.08. The average Bonchev–Trinajstić information content (AvgIpc) is 2.89. The molecule has 152 valence electrons. The summed E-state index contributed by atoms with van der Waals surface area (Å²) in [5.74, 6) is 0.928. The fraction of sp³-hybridized carbons (Fsp3) is 0.0323. The molecular formula is C31H22O. The molecule has 0 bridgehead atoms. The Morgan fingerprint density at radius 1 is 0.562 bits per heavy atom. The van der Waals surface area contributed by atoms with Crippen LogP contribution in [0.15, 0.2) is 127 Å². The molecule has 0 amide bonds. The lowest BCUT2D eigenvalue weighted by atomic mass is 9.82. The van der Waals surface area contributed by atoms with Gasteiger partial charge in [-0.25, -0.2) is 0 Å². The highest BCUT2D eigenvalue weighted by atomic mass is 16.5. The van der Waals surface area contributed by atoms with Gasteiger partial charge >= 0.3 is 0 Å². The largest absolute Gasteiger partial charge is 0.472 e. The fourth-order valence-corrected chi connectivity index (χ4v) is 4.71. The number of fused-ring (bicyclic) bond motifs is 3. The van der Waals surface area contributed by atoms with Gasteiger partial charge in [0.1, 0.15) is 5.75 Å². The zero-order valence-electron chi connectivity index (χ0n) is 17.6. The lowest BCUT2D eigenvalue weighted by Crippen LogP contribution is -2.34. The molecule has 0 saturated heterocycles. The molecule has 1 nitrogen and oxygen atoms in total. The summed E-state index contributed by atoms with van der Waals surface area (Å²) in [4.78, 5) is 0. The maximum atomic E-state index is 7.08. The highest BCUT2D eigenvalue weighted by molar-refractivity contribution is 5.99. The summed E-state index contributed by atoms with van der Waals surface area (Å²) in [5.41, 5.74) is 5.04. The molecular weight excluding hydrogens is 388 g/mol. The molecule has 1 aliphatic heterocycles. The van der Waals surface area contributed by atoms with E-state index in [0.29, 0.717) is 0 Å². The van der Waals surface area contributed by atoms with Crippen molar-refractivity contribution in [1.82, 2.24) is 0 Å². The Labute approximate surface area is 188 Å². The van der Waals surface area contributed by atoms with Gasteiger partial charge in [-0.05, 0) is 34.7 Å². The van der Waals surface area contributed by atoms with Gasteiger partial charge in [-0.2, -0.15) is 0 Å². The smallest absolute Gasteiger partial charge is 0.178 e. The van der Waals surface area contributed by atoms with E-state index in [1.807, 2.05) is 12.1 Å². The molecule has 5 aromatic rings. The summed E-state index contributed by atoms with van der Waals surface area (Å²) in [5, 5.41) is 2.30.